The van der Waals surface area contributed by atoms with Gasteiger partial charge in [0.1, 0.15) is 9.30 Å². The van der Waals surface area contributed by atoms with Crippen LogP contribution in [0.5, 0.6) is 5.75 Å². The van der Waals surface area contributed by atoms with Crippen LogP contribution in [0.4, 0.5) is 0 Å². The lowest BCUT2D eigenvalue weighted by Crippen LogP contribution is -2.30. The topological polar surface area (TPSA) is 23.5 Å². The Morgan fingerprint density at radius 3 is 2.26 bits per heavy atom. The maximum absolute atomic E-state index is 10.0. The Kier molecular flexibility index (Phi) is 5.08. The number of phenols is 1. The fourth-order valence-corrected chi connectivity index (χ4v) is 3.16. The molecular weight excluding hydrogens is 464 g/mol. The first kappa shape index (κ1) is 15.1. The summed E-state index contributed by atoms with van der Waals surface area (Å²) in [5.74, 6) is 0.342. The van der Waals surface area contributed by atoms with Crippen LogP contribution in [-0.2, 0) is 10.1 Å². The molecule has 100 valence electrons. The van der Waals surface area contributed by atoms with Crippen molar-refractivity contribution < 1.29 is 5.11 Å². The van der Waals surface area contributed by atoms with Gasteiger partial charge in [0.05, 0.1) is 0 Å². The number of nitrogens with zero attached hydrogens (tertiary/aromatic N) is 1. The van der Waals surface area contributed by atoms with Crippen LogP contribution in [0.1, 0.15) is 18.1 Å². The van der Waals surface area contributed by atoms with Gasteiger partial charge in [-0.15, -0.1) is 0 Å². The Hall–Kier alpha value is -0.340. The molecule has 4 heteroatoms. The van der Waals surface area contributed by atoms with Crippen molar-refractivity contribution in [2.45, 2.75) is 17.0 Å². The minimum Gasteiger partial charge on any atom is -0.508 e. The highest BCUT2D eigenvalue weighted by atomic mass is 127. The molecule has 0 saturated heterocycles. The van der Waals surface area contributed by atoms with Gasteiger partial charge in [0, 0.05) is 35.0 Å². The van der Waals surface area contributed by atoms with Crippen molar-refractivity contribution in [3.63, 3.8) is 0 Å². The third-order valence-corrected chi connectivity index (χ3v) is 6.41. The summed E-state index contributed by atoms with van der Waals surface area (Å²) in [5.41, 5.74) is 2.19. The second kappa shape index (κ2) is 6.41. The van der Waals surface area contributed by atoms with Crippen LogP contribution in [0.25, 0.3) is 0 Å². The molecule has 2 nitrogen and oxygen atoms in total. The number of phenolic OH excluding ortho intramolecular Hbond substituents is 1. The van der Waals surface area contributed by atoms with E-state index in [0.29, 0.717) is 5.75 Å². The van der Waals surface area contributed by atoms with Gasteiger partial charge in [0.15, 0.2) is 0 Å². The van der Waals surface area contributed by atoms with E-state index in [1.807, 2.05) is 36.4 Å². The molecule has 0 aliphatic rings. The van der Waals surface area contributed by atoms with E-state index in [9.17, 15) is 5.11 Å². The number of para-hydroxylation sites is 1. The maximum atomic E-state index is 10.0. The summed E-state index contributed by atoms with van der Waals surface area (Å²) in [6.45, 7) is 2.94. The average Bonchev–Trinajstić information content (AvgIpc) is 2.40. The molecule has 0 aliphatic carbocycles. The molecule has 0 bridgehead atoms. The van der Waals surface area contributed by atoms with Gasteiger partial charge in [-0.25, -0.2) is 3.11 Å². The Morgan fingerprint density at radius 2 is 1.63 bits per heavy atom. The molecule has 2 rings (SSSR count). The lowest BCUT2D eigenvalue weighted by Gasteiger charge is -2.32. The molecule has 2 aromatic carbocycles. The summed E-state index contributed by atoms with van der Waals surface area (Å²) >= 11 is 4.70. The molecule has 0 aliphatic heterocycles. The van der Waals surface area contributed by atoms with E-state index >= 15 is 0 Å². The van der Waals surface area contributed by atoms with Crippen molar-refractivity contribution in [3.8, 4) is 5.75 Å². The average molecular weight is 479 g/mol. The van der Waals surface area contributed by atoms with Crippen LogP contribution >= 0.6 is 45.5 Å². The summed E-state index contributed by atoms with van der Waals surface area (Å²) in [4.78, 5) is 0. The molecule has 1 unspecified atom stereocenters. The number of rotatable bonds is 4. The summed E-state index contributed by atoms with van der Waals surface area (Å²) < 4.78 is 1.94. The van der Waals surface area contributed by atoms with Crippen LogP contribution in [0.15, 0.2) is 54.6 Å². The summed E-state index contributed by atoms with van der Waals surface area (Å²) in [6, 6.07) is 17.9. The Labute approximate surface area is 141 Å². The summed E-state index contributed by atoms with van der Waals surface area (Å²) in [5, 5.41) is 10.0. The van der Waals surface area contributed by atoms with E-state index in [4.69, 9.17) is 0 Å². The van der Waals surface area contributed by atoms with E-state index in [0.717, 1.165) is 12.1 Å². The van der Waals surface area contributed by atoms with Crippen LogP contribution in [-0.4, -0.2) is 8.22 Å². The van der Waals surface area contributed by atoms with E-state index in [-0.39, 0.29) is 3.55 Å². The summed E-state index contributed by atoms with van der Waals surface area (Å²) in [7, 11) is 0. The lowest BCUT2D eigenvalue weighted by molar-refractivity contribution is 0.371. The highest BCUT2D eigenvalue weighted by Crippen LogP contribution is 2.42. The number of hydrogen-bond acceptors (Lipinski definition) is 2. The monoisotopic (exact) mass is 479 g/mol. The molecule has 0 aromatic heterocycles. The first-order chi connectivity index (χ1) is 9.01. The van der Waals surface area contributed by atoms with Crippen molar-refractivity contribution in [1.82, 2.24) is 3.11 Å². The molecule has 0 radical (unpaired) electrons. The first-order valence-corrected chi connectivity index (χ1v) is 8.01. The van der Waals surface area contributed by atoms with Crippen molar-refractivity contribution in [1.29, 1.82) is 0 Å². The third-order valence-electron chi connectivity index (χ3n) is 3.02. The molecule has 0 amide bonds. The molecule has 19 heavy (non-hydrogen) atoms. The minimum absolute atomic E-state index is 0.264. The highest BCUT2D eigenvalue weighted by molar-refractivity contribution is 14.1. The lowest BCUT2D eigenvalue weighted by atomic mass is 10.1. The van der Waals surface area contributed by atoms with Crippen LogP contribution < -0.4 is 0 Å². The van der Waals surface area contributed by atoms with E-state index in [2.05, 4.69) is 67.6 Å². The predicted octanol–water partition coefficient (Wildman–Crippen LogP) is 4.85. The van der Waals surface area contributed by atoms with Gasteiger partial charge in [-0.3, -0.25) is 0 Å². The second-order valence-corrected chi connectivity index (χ2v) is 7.74. The largest absolute Gasteiger partial charge is 0.508 e. The van der Waals surface area contributed by atoms with Gasteiger partial charge >= 0.3 is 0 Å². The zero-order valence-electron chi connectivity index (χ0n) is 10.6. The van der Waals surface area contributed by atoms with E-state index in [1.165, 1.54) is 5.56 Å². The van der Waals surface area contributed by atoms with Crippen molar-refractivity contribution >= 4 is 45.5 Å². The Bertz CT molecular complexity index is 543. The van der Waals surface area contributed by atoms with E-state index in [1.54, 1.807) is 6.07 Å². The quantitative estimate of drug-likeness (QED) is 0.294. The SMILES string of the molecule is CC(I)(c1ccccc1O)N(I)Cc1ccccc1. The normalized spacial score (nSPS) is 14.3. The first-order valence-electron chi connectivity index (χ1n) is 5.96. The second-order valence-electron chi connectivity index (χ2n) is 4.48. The van der Waals surface area contributed by atoms with Crippen LogP contribution in [0.3, 0.4) is 0 Å². The Balaban J connectivity index is 2.22. The molecule has 0 heterocycles. The fraction of sp³-hybridized carbons (Fsp3) is 0.200. The highest BCUT2D eigenvalue weighted by Gasteiger charge is 2.31. The van der Waals surface area contributed by atoms with Gasteiger partial charge < -0.3 is 5.11 Å². The molecule has 0 fully saturated rings. The van der Waals surface area contributed by atoms with Gasteiger partial charge in [0.25, 0.3) is 0 Å². The van der Waals surface area contributed by atoms with Crippen molar-refractivity contribution in [2.24, 2.45) is 0 Å². The van der Waals surface area contributed by atoms with Gasteiger partial charge in [-0.1, -0.05) is 71.1 Å². The zero-order chi connectivity index (χ0) is 13.9. The van der Waals surface area contributed by atoms with Crippen LogP contribution in [0, 0.1) is 0 Å². The third kappa shape index (κ3) is 3.61. The smallest absolute Gasteiger partial charge is 0.121 e. The van der Waals surface area contributed by atoms with Crippen LogP contribution in [0.2, 0.25) is 0 Å². The van der Waals surface area contributed by atoms with Gasteiger partial charge in [0.2, 0.25) is 0 Å². The van der Waals surface area contributed by atoms with Crippen molar-refractivity contribution in [3.05, 3.63) is 65.7 Å². The predicted molar refractivity (Wildman–Crippen MR) is 95.5 cm³/mol. The minimum atomic E-state index is -0.264. The zero-order valence-corrected chi connectivity index (χ0v) is 14.9. The number of halogens is 2. The molecule has 0 saturated carbocycles. The fourth-order valence-electron chi connectivity index (χ4n) is 1.88. The number of aromatic hydroxyl groups is 1. The van der Waals surface area contributed by atoms with E-state index < -0.39 is 0 Å². The Morgan fingerprint density at radius 1 is 1.05 bits per heavy atom. The number of alkyl halides is 1. The molecule has 0 spiro atoms. The standard InChI is InChI=1S/C15H15I2NO/c1-15(16,13-9-5-6-10-14(13)19)18(17)11-12-7-3-2-4-8-12/h2-10,19H,11H2,1H3. The van der Waals surface area contributed by atoms with Crippen molar-refractivity contribution in [2.75, 3.05) is 0 Å². The van der Waals surface area contributed by atoms with Gasteiger partial charge in [-0.05, 0) is 18.6 Å². The molecule has 1 atom stereocenters. The molecule has 1 N–H and O–H groups in total. The molecule has 2 aromatic rings. The maximum Gasteiger partial charge on any atom is 0.121 e. The molecular formula is C15H15I2NO. The number of benzene rings is 2. The summed E-state index contributed by atoms with van der Waals surface area (Å²) in [6.07, 6.45) is 0. The van der Waals surface area contributed by atoms with Gasteiger partial charge in [-0.2, -0.15) is 0 Å². The number of hydrogen-bond donors (Lipinski definition) is 1.